The molecule has 9 heteroatoms. The molecular formula is C21H24N4O3S2. The molecule has 2 aromatic heterocycles. The number of carbonyl (C=O) groups excluding carboxylic acids is 2. The summed E-state index contributed by atoms with van der Waals surface area (Å²) in [5.74, 6) is 0.619. The van der Waals surface area contributed by atoms with Gasteiger partial charge >= 0.3 is 5.97 Å². The molecular weight excluding hydrogens is 420 g/mol. The number of thioether (sulfide) groups is 1. The van der Waals surface area contributed by atoms with Gasteiger partial charge < -0.3 is 14.6 Å². The molecule has 0 unspecified atom stereocenters. The molecule has 30 heavy (non-hydrogen) atoms. The molecule has 0 aliphatic carbocycles. The standard InChI is InChI=1S/C21H24N4O3S2/c1-5-25-18(13(2)3)23-24-21(25)30-12-16(26)22-19-17(20(27)28-4)15(11-29-19)14-9-7-6-8-10-14/h6-11,13H,5,12H2,1-4H3,(H,22,26). The van der Waals surface area contributed by atoms with Gasteiger partial charge in [0, 0.05) is 23.4 Å². The predicted octanol–water partition coefficient (Wildman–Crippen LogP) is 4.67. The Morgan fingerprint density at radius 2 is 1.97 bits per heavy atom. The normalized spacial score (nSPS) is 11.0. The summed E-state index contributed by atoms with van der Waals surface area (Å²) in [6, 6.07) is 9.55. The number of benzene rings is 1. The van der Waals surface area contributed by atoms with E-state index < -0.39 is 5.97 Å². The van der Waals surface area contributed by atoms with Crippen LogP contribution in [-0.2, 0) is 16.1 Å². The number of rotatable bonds is 8. The molecule has 158 valence electrons. The van der Waals surface area contributed by atoms with Gasteiger partial charge in [-0.2, -0.15) is 0 Å². The molecule has 7 nitrogen and oxygen atoms in total. The quantitative estimate of drug-likeness (QED) is 0.401. The number of ether oxygens (including phenoxy) is 1. The van der Waals surface area contributed by atoms with Crippen molar-refractivity contribution >= 4 is 40.0 Å². The molecule has 0 fully saturated rings. The Hall–Kier alpha value is -2.65. The highest BCUT2D eigenvalue weighted by Gasteiger charge is 2.23. The van der Waals surface area contributed by atoms with Crippen molar-refractivity contribution in [1.29, 1.82) is 0 Å². The van der Waals surface area contributed by atoms with E-state index in [-0.39, 0.29) is 17.6 Å². The van der Waals surface area contributed by atoms with Gasteiger partial charge in [-0.1, -0.05) is 55.9 Å². The lowest BCUT2D eigenvalue weighted by Crippen LogP contribution is -2.16. The minimum absolute atomic E-state index is 0.162. The monoisotopic (exact) mass is 444 g/mol. The van der Waals surface area contributed by atoms with Gasteiger partial charge in [-0.05, 0) is 12.5 Å². The number of carbonyl (C=O) groups is 2. The summed E-state index contributed by atoms with van der Waals surface area (Å²) in [7, 11) is 1.33. The number of anilines is 1. The van der Waals surface area contributed by atoms with Crippen LogP contribution in [0.2, 0.25) is 0 Å². The molecule has 0 aliphatic heterocycles. The molecule has 2 heterocycles. The van der Waals surface area contributed by atoms with Gasteiger partial charge in [-0.15, -0.1) is 21.5 Å². The van der Waals surface area contributed by atoms with E-state index in [1.54, 1.807) is 0 Å². The van der Waals surface area contributed by atoms with Crippen LogP contribution >= 0.6 is 23.1 Å². The number of nitrogens with zero attached hydrogens (tertiary/aromatic N) is 3. The van der Waals surface area contributed by atoms with Crippen LogP contribution in [0.3, 0.4) is 0 Å². The second kappa shape index (κ2) is 9.90. The maximum atomic E-state index is 12.6. The maximum Gasteiger partial charge on any atom is 0.341 e. The van der Waals surface area contributed by atoms with Crippen molar-refractivity contribution in [1.82, 2.24) is 14.8 Å². The zero-order valence-electron chi connectivity index (χ0n) is 17.3. The third-order valence-electron chi connectivity index (χ3n) is 4.43. The number of thiophene rings is 1. The van der Waals surface area contributed by atoms with Crippen molar-refractivity contribution in [2.45, 2.75) is 38.4 Å². The number of aromatic nitrogens is 3. The Labute approximate surface area is 183 Å². The van der Waals surface area contributed by atoms with Crippen molar-refractivity contribution in [3.8, 4) is 11.1 Å². The van der Waals surface area contributed by atoms with E-state index >= 15 is 0 Å². The lowest BCUT2D eigenvalue weighted by molar-refractivity contribution is -0.113. The highest BCUT2D eigenvalue weighted by molar-refractivity contribution is 7.99. The van der Waals surface area contributed by atoms with Gasteiger partial charge in [0.25, 0.3) is 0 Å². The third kappa shape index (κ3) is 4.73. The molecule has 1 N–H and O–H groups in total. The molecule has 0 saturated carbocycles. The topological polar surface area (TPSA) is 86.1 Å². The van der Waals surface area contributed by atoms with Crippen LogP contribution in [0.15, 0.2) is 40.9 Å². The number of nitrogens with one attached hydrogen (secondary N) is 1. The van der Waals surface area contributed by atoms with E-state index in [1.165, 1.54) is 30.2 Å². The second-order valence-corrected chi connectivity index (χ2v) is 8.61. The fraction of sp³-hybridized carbons (Fsp3) is 0.333. The van der Waals surface area contributed by atoms with Crippen LogP contribution in [0.4, 0.5) is 5.00 Å². The summed E-state index contributed by atoms with van der Waals surface area (Å²) in [5.41, 5.74) is 2.00. The maximum absolute atomic E-state index is 12.6. The van der Waals surface area contributed by atoms with Crippen LogP contribution in [0.1, 0.15) is 42.9 Å². The molecule has 0 spiro atoms. The molecule has 1 amide bonds. The van der Waals surface area contributed by atoms with Gasteiger partial charge in [0.1, 0.15) is 16.4 Å². The lowest BCUT2D eigenvalue weighted by Gasteiger charge is -2.10. The fourth-order valence-electron chi connectivity index (χ4n) is 3.01. The van der Waals surface area contributed by atoms with Crippen LogP contribution in [-0.4, -0.2) is 39.5 Å². The van der Waals surface area contributed by atoms with E-state index in [0.717, 1.165) is 23.5 Å². The fourth-order valence-corrected chi connectivity index (χ4v) is 4.79. The molecule has 0 saturated heterocycles. The Morgan fingerprint density at radius 1 is 1.23 bits per heavy atom. The van der Waals surface area contributed by atoms with Gasteiger partial charge in [-0.3, -0.25) is 4.79 Å². The van der Waals surface area contributed by atoms with Crippen molar-refractivity contribution in [2.75, 3.05) is 18.2 Å². The number of methoxy groups -OCH3 is 1. The number of amides is 1. The molecule has 3 rings (SSSR count). The van der Waals surface area contributed by atoms with Gasteiger partial charge in [0.2, 0.25) is 5.91 Å². The van der Waals surface area contributed by atoms with Gasteiger partial charge in [0.15, 0.2) is 5.16 Å². The molecule has 0 bridgehead atoms. The molecule has 0 radical (unpaired) electrons. The van der Waals surface area contributed by atoms with Gasteiger partial charge in [-0.25, -0.2) is 4.79 Å². The van der Waals surface area contributed by atoms with E-state index in [1.807, 2.05) is 47.2 Å². The number of hydrogen-bond acceptors (Lipinski definition) is 7. The van der Waals surface area contributed by atoms with Crippen molar-refractivity contribution < 1.29 is 14.3 Å². The van der Waals surface area contributed by atoms with E-state index in [2.05, 4.69) is 29.4 Å². The minimum Gasteiger partial charge on any atom is -0.465 e. The van der Waals surface area contributed by atoms with E-state index in [9.17, 15) is 9.59 Å². The van der Waals surface area contributed by atoms with Crippen LogP contribution in [0, 0.1) is 0 Å². The highest BCUT2D eigenvalue weighted by Crippen LogP contribution is 2.36. The average molecular weight is 445 g/mol. The first-order valence-corrected chi connectivity index (χ1v) is 11.4. The summed E-state index contributed by atoms with van der Waals surface area (Å²) in [4.78, 5) is 25.0. The SMILES string of the molecule is CCn1c(SCC(=O)Nc2scc(-c3ccccc3)c2C(=O)OC)nnc1C(C)C. The minimum atomic E-state index is -0.481. The Morgan fingerprint density at radius 3 is 2.60 bits per heavy atom. The number of hydrogen-bond donors (Lipinski definition) is 1. The molecule has 0 atom stereocenters. The number of esters is 1. The average Bonchev–Trinajstić information content (AvgIpc) is 3.36. The smallest absolute Gasteiger partial charge is 0.341 e. The summed E-state index contributed by atoms with van der Waals surface area (Å²) in [6.07, 6.45) is 0. The molecule has 3 aromatic rings. The summed E-state index contributed by atoms with van der Waals surface area (Å²) in [6.45, 7) is 6.89. The lowest BCUT2D eigenvalue weighted by atomic mass is 10.0. The van der Waals surface area contributed by atoms with Crippen LogP contribution < -0.4 is 5.32 Å². The summed E-state index contributed by atoms with van der Waals surface area (Å²) < 4.78 is 6.97. The van der Waals surface area contributed by atoms with Crippen LogP contribution in [0.25, 0.3) is 11.1 Å². The van der Waals surface area contributed by atoms with Gasteiger partial charge in [0.05, 0.1) is 12.9 Å². The van der Waals surface area contributed by atoms with Crippen molar-refractivity contribution in [3.63, 3.8) is 0 Å². The van der Waals surface area contributed by atoms with Crippen molar-refractivity contribution in [3.05, 3.63) is 47.1 Å². The second-order valence-electron chi connectivity index (χ2n) is 6.79. The summed E-state index contributed by atoms with van der Waals surface area (Å²) >= 11 is 2.63. The predicted molar refractivity (Wildman–Crippen MR) is 120 cm³/mol. The van der Waals surface area contributed by atoms with Crippen LogP contribution in [0.5, 0.6) is 0 Å². The zero-order valence-corrected chi connectivity index (χ0v) is 19.0. The first-order chi connectivity index (χ1) is 14.5. The molecule has 1 aromatic carbocycles. The van der Waals surface area contributed by atoms with E-state index in [0.29, 0.717) is 15.7 Å². The highest BCUT2D eigenvalue weighted by atomic mass is 32.2. The first-order valence-electron chi connectivity index (χ1n) is 9.57. The first kappa shape index (κ1) is 22.0. The summed E-state index contributed by atoms with van der Waals surface area (Å²) in [5, 5.41) is 14.3. The third-order valence-corrected chi connectivity index (χ3v) is 6.29. The van der Waals surface area contributed by atoms with E-state index in [4.69, 9.17) is 4.74 Å². The zero-order chi connectivity index (χ0) is 21.7. The largest absolute Gasteiger partial charge is 0.465 e. The Balaban J connectivity index is 1.76. The Bertz CT molecular complexity index is 1030. The van der Waals surface area contributed by atoms with Crippen molar-refractivity contribution in [2.24, 2.45) is 0 Å². The Kier molecular flexibility index (Phi) is 7.28. The molecule has 0 aliphatic rings.